The molecule has 120 valence electrons. The van der Waals surface area contributed by atoms with E-state index in [9.17, 15) is 9.59 Å². The summed E-state index contributed by atoms with van der Waals surface area (Å²) in [6.45, 7) is 0.423. The van der Waals surface area contributed by atoms with Crippen LogP contribution in [0, 0.1) is 11.8 Å². The maximum atomic E-state index is 12.6. The van der Waals surface area contributed by atoms with Gasteiger partial charge >= 0.3 is 0 Å². The highest BCUT2D eigenvalue weighted by Crippen LogP contribution is 2.30. The lowest BCUT2D eigenvalue weighted by molar-refractivity contribution is -0.137. The fraction of sp³-hybridized carbons (Fsp3) is 0.471. The Kier molecular flexibility index (Phi) is 3.61. The van der Waals surface area contributed by atoms with Gasteiger partial charge in [0, 0.05) is 18.5 Å². The predicted octanol–water partition coefficient (Wildman–Crippen LogP) is 1.85. The van der Waals surface area contributed by atoms with Gasteiger partial charge < -0.3 is 10.3 Å². The molecule has 0 radical (unpaired) electrons. The van der Waals surface area contributed by atoms with E-state index >= 15 is 0 Å². The van der Waals surface area contributed by atoms with Crippen molar-refractivity contribution < 1.29 is 9.59 Å². The SMILES string of the molecule is O=C(Nc1nc2ccccc2[nH]1)C1CNC2CCCCC2C1=O. The van der Waals surface area contributed by atoms with Gasteiger partial charge in [0.25, 0.3) is 0 Å². The molecule has 2 heterocycles. The molecule has 0 spiro atoms. The van der Waals surface area contributed by atoms with Gasteiger partial charge in [-0.05, 0) is 25.0 Å². The number of carbonyl (C=O) groups excluding carboxylic acids is 2. The number of rotatable bonds is 2. The number of imidazole rings is 1. The summed E-state index contributed by atoms with van der Waals surface area (Å²) >= 11 is 0. The number of nitrogens with zero attached hydrogens (tertiary/aromatic N) is 1. The molecule has 2 aromatic rings. The van der Waals surface area contributed by atoms with Crippen molar-refractivity contribution >= 4 is 28.7 Å². The first kappa shape index (κ1) is 14.4. The van der Waals surface area contributed by atoms with Crippen molar-refractivity contribution in [2.24, 2.45) is 11.8 Å². The molecule has 0 bridgehead atoms. The number of H-pyrrole nitrogens is 1. The third kappa shape index (κ3) is 2.63. The number of amides is 1. The van der Waals surface area contributed by atoms with Gasteiger partial charge in [-0.15, -0.1) is 0 Å². The monoisotopic (exact) mass is 312 g/mol. The quantitative estimate of drug-likeness (QED) is 0.739. The first-order chi connectivity index (χ1) is 11.2. The fourth-order valence-corrected chi connectivity index (χ4v) is 3.78. The molecule has 6 heteroatoms. The van der Waals surface area contributed by atoms with Crippen molar-refractivity contribution in [1.29, 1.82) is 0 Å². The van der Waals surface area contributed by atoms with Crippen LogP contribution in [0.1, 0.15) is 25.7 Å². The van der Waals surface area contributed by atoms with Crippen LogP contribution in [0.5, 0.6) is 0 Å². The number of hydrogen-bond donors (Lipinski definition) is 3. The van der Waals surface area contributed by atoms with Crippen LogP contribution >= 0.6 is 0 Å². The number of aromatic nitrogens is 2. The second-order valence-electron chi connectivity index (χ2n) is 6.45. The average molecular weight is 312 g/mol. The molecule has 23 heavy (non-hydrogen) atoms. The number of piperidine rings is 1. The number of aromatic amines is 1. The van der Waals surface area contributed by atoms with Crippen LogP contribution in [0.3, 0.4) is 0 Å². The van der Waals surface area contributed by atoms with Gasteiger partial charge in [-0.1, -0.05) is 25.0 Å². The standard InChI is InChI=1S/C17H20N4O2/c22-15-10-5-1-2-6-12(10)18-9-11(15)16(23)21-17-19-13-7-3-4-8-14(13)20-17/h3-4,7-8,10-12,18H,1-2,5-6,9H2,(H2,19,20,21,23). The number of ketones is 1. The van der Waals surface area contributed by atoms with Gasteiger partial charge in [0.15, 0.2) is 5.78 Å². The fourth-order valence-electron chi connectivity index (χ4n) is 3.78. The number of benzene rings is 1. The molecular formula is C17H20N4O2. The van der Waals surface area contributed by atoms with E-state index in [1.165, 1.54) is 0 Å². The molecular weight excluding hydrogens is 292 g/mol. The zero-order chi connectivity index (χ0) is 15.8. The van der Waals surface area contributed by atoms with E-state index in [4.69, 9.17) is 0 Å². The van der Waals surface area contributed by atoms with Gasteiger partial charge in [0.05, 0.1) is 11.0 Å². The van der Waals surface area contributed by atoms with Crippen LogP contribution in [0.15, 0.2) is 24.3 Å². The van der Waals surface area contributed by atoms with Crippen molar-refractivity contribution in [2.45, 2.75) is 31.7 Å². The van der Waals surface area contributed by atoms with Crippen LogP contribution in [-0.4, -0.2) is 34.2 Å². The molecule has 3 unspecified atom stereocenters. The minimum atomic E-state index is -0.623. The molecule has 1 aromatic carbocycles. The Hall–Kier alpha value is -2.21. The van der Waals surface area contributed by atoms with Gasteiger partial charge in [-0.25, -0.2) is 4.98 Å². The molecule has 2 fully saturated rings. The van der Waals surface area contributed by atoms with E-state index < -0.39 is 5.92 Å². The third-order valence-electron chi connectivity index (χ3n) is 5.01. The predicted molar refractivity (Wildman–Crippen MR) is 87.0 cm³/mol. The van der Waals surface area contributed by atoms with Crippen molar-refractivity contribution in [3.8, 4) is 0 Å². The van der Waals surface area contributed by atoms with Crippen molar-refractivity contribution in [3.63, 3.8) is 0 Å². The number of Topliss-reactive ketones (excluding diaryl/α,β-unsaturated/α-hetero) is 1. The van der Waals surface area contributed by atoms with Crippen LogP contribution in [0.25, 0.3) is 11.0 Å². The van der Waals surface area contributed by atoms with Crippen molar-refractivity contribution in [1.82, 2.24) is 15.3 Å². The summed E-state index contributed by atoms with van der Waals surface area (Å²) in [7, 11) is 0. The molecule has 2 aliphatic rings. The molecule has 1 saturated carbocycles. The van der Waals surface area contributed by atoms with E-state index in [0.29, 0.717) is 12.5 Å². The number of anilines is 1. The first-order valence-corrected chi connectivity index (χ1v) is 8.25. The van der Waals surface area contributed by atoms with E-state index in [-0.39, 0.29) is 23.7 Å². The zero-order valence-corrected chi connectivity index (χ0v) is 12.8. The molecule has 3 N–H and O–H groups in total. The maximum Gasteiger partial charge on any atom is 0.238 e. The largest absolute Gasteiger partial charge is 0.324 e. The van der Waals surface area contributed by atoms with E-state index in [1.54, 1.807) is 0 Å². The summed E-state index contributed by atoms with van der Waals surface area (Å²) < 4.78 is 0. The molecule has 1 saturated heterocycles. The Morgan fingerprint density at radius 2 is 2.04 bits per heavy atom. The minimum Gasteiger partial charge on any atom is -0.324 e. The third-order valence-corrected chi connectivity index (χ3v) is 5.01. The number of para-hydroxylation sites is 2. The summed E-state index contributed by atoms with van der Waals surface area (Å²) in [4.78, 5) is 32.5. The smallest absolute Gasteiger partial charge is 0.238 e. The number of nitrogens with one attached hydrogen (secondary N) is 3. The Morgan fingerprint density at radius 3 is 2.91 bits per heavy atom. The number of carbonyl (C=O) groups is 2. The Labute approximate surface area is 134 Å². The Bertz CT molecular complexity index is 721. The summed E-state index contributed by atoms with van der Waals surface area (Å²) in [6.07, 6.45) is 4.17. The van der Waals surface area contributed by atoms with E-state index in [2.05, 4.69) is 20.6 Å². The first-order valence-electron chi connectivity index (χ1n) is 8.25. The maximum absolute atomic E-state index is 12.6. The molecule has 4 rings (SSSR count). The highest BCUT2D eigenvalue weighted by atomic mass is 16.2. The highest BCUT2D eigenvalue weighted by Gasteiger charge is 2.42. The molecule has 1 aliphatic heterocycles. The Morgan fingerprint density at radius 1 is 1.22 bits per heavy atom. The summed E-state index contributed by atoms with van der Waals surface area (Å²) in [6, 6.07) is 7.84. The average Bonchev–Trinajstić information content (AvgIpc) is 2.97. The molecule has 1 aromatic heterocycles. The minimum absolute atomic E-state index is 0.0103. The summed E-state index contributed by atoms with van der Waals surface area (Å²) in [5, 5.41) is 6.14. The zero-order valence-electron chi connectivity index (χ0n) is 12.8. The van der Waals surface area contributed by atoms with Crippen molar-refractivity contribution in [3.05, 3.63) is 24.3 Å². The molecule has 6 nitrogen and oxygen atoms in total. The van der Waals surface area contributed by atoms with Crippen LogP contribution in [0.4, 0.5) is 5.95 Å². The summed E-state index contributed by atoms with van der Waals surface area (Å²) in [5.41, 5.74) is 1.66. The molecule has 1 aliphatic carbocycles. The van der Waals surface area contributed by atoms with Crippen molar-refractivity contribution in [2.75, 3.05) is 11.9 Å². The second kappa shape index (κ2) is 5.77. The van der Waals surface area contributed by atoms with Crippen LogP contribution < -0.4 is 10.6 Å². The lowest BCUT2D eigenvalue weighted by Gasteiger charge is -2.38. The lowest BCUT2D eigenvalue weighted by atomic mass is 9.75. The van der Waals surface area contributed by atoms with Crippen LogP contribution in [0.2, 0.25) is 0 Å². The topological polar surface area (TPSA) is 86.9 Å². The molecule has 3 atom stereocenters. The van der Waals surface area contributed by atoms with Gasteiger partial charge in [0.1, 0.15) is 5.92 Å². The molecule has 1 amide bonds. The highest BCUT2D eigenvalue weighted by molar-refractivity contribution is 6.08. The normalized spacial score (nSPS) is 27.7. The van der Waals surface area contributed by atoms with Crippen LogP contribution in [-0.2, 0) is 9.59 Å². The number of fused-ring (bicyclic) bond motifs is 2. The van der Waals surface area contributed by atoms with E-state index in [1.807, 2.05) is 24.3 Å². The number of hydrogen-bond acceptors (Lipinski definition) is 4. The Balaban J connectivity index is 1.49. The van der Waals surface area contributed by atoms with Gasteiger partial charge in [-0.2, -0.15) is 0 Å². The van der Waals surface area contributed by atoms with Gasteiger partial charge in [0.2, 0.25) is 11.9 Å². The summed E-state index contributed by atoms with van der Waals surface area (Å²) in [5.74, 6) is -0.422. The lowest BCUT2D eigenvalue weighted by Crippen LogP contribution is -2.55. The van der Waals surface area contributed by atoms with E-state index in [0.717, 1.165) is 36.7 Å². The second-order valence-corrected chi connectivity index (χ2v) is 6.45. The van der Waals surface area contributed by atoms with Gasteiger partial charge in [-0.3, -0.25) is 14.9 Å².